The number of H-pyrrole nitrogens is 1. The van der Waals surface area contributed by atoms with Crippen molar-refractivity contribution in [3.8, 4) is 0 Å². The van der Waals surface area contributed by atoms with Crippen LogP contribution in [-0.2, 0) is 6.42 Å². The number of aromatic nitrogens is 2. The Morgan fingerprint density at radius 2 is 2.00 bits per heavy atom. The van der Waals surface area contributed by atoms with E-state index >= 15 is 0 Å². The first-order valence-electron chi connectivity index (χ1n) is 9.84. The van der Waals surface area contributed by atoms with Crippen LogP contribution in [0.3, 0.4) is 0 Å². The summed E-state index contributed by atoms with van der Waals surface area (Å²) in [6, 6.07) is 4.35. The number of nitrogens with zero attached hydrogens (tertiary/aromatic N) is 1. The number of hydrogen-bond acceptors (Lipinski definition) is 3. The molecule has 0 amide bonds. The minimum Gasteiger partial charge on any atom is -0.392 e. The third-order valence-corrected chi connectivity index (χ3v) is 9.11. The van der Waals surface area contributed by atoms with Gasteiger partial charge in [0.2, 0.25) is 0 Å². The van der Waals surface area contributed by atoms with Crippen molar-refractivity contribution in [2.45, 2.75) is 69.5 Å². The Morgan fingerprint density at radius 1 is 1.20 bits per heavy atom. The summed E-state index contributed by atoms with van der Waals surface area (Å²) in [7, 11) is 0. The molecule has 0 aliphatic heterocycles. The smallest absolute Gasteiger partial charge is 0.0707 e. The van der Waals surface area contributed by atoms with Crippen LogP contribution in [0.15, 0.2) is 18.3 Å². The molecule has 4 aliphatic rings. The number of aliphatic hydroxyl groups is 2. The molecule has 2 bridgehead atoms. The molecule has 3 N–H and O–H groups in total. The van der Waals surface area contributed by atoms with Crippen molar-refractivity contribution in [2.75, 3.05) is 0 Å². The van der Waals surface area contributed by atoms with E-state index in [-0.39, 0.29) is 22.9 Å². The maximum atomic E-state index is 11.3. The summed E-state index contributed by atoms with van der Waals surface area (Å²) in [5.74, 6) is 0.714. The van der Waals surface area contributed by atoms with Crippen LogP contribution in [0.4, 0.5) is 0 Å². The molecule has 4 aliphatic carbocycles. The second kappa shape index (κ2) is 4.29. The second-order valence-electron chi connectivity index (χ2n) is 9.43. The largest absolute Gasteiger partial charge is 0.392 e. The van der Waals surface area contributed by atoms with Crippen molar-refractivity contribution >= 4 is 10.9 Å². The number of hydrogen-bond donors (Lipinski definition) is 3. The number of aliphatic hydroxyl groups excluding tert-OH is 1. The lowest BCUT2D eigenvalue weighted by atomic mass is 9.47. The first-order chi connectivity index (χ1) is 12.0. The van der Waals surface area contributed by atoms with E-state index in [0.717, 1.165) is 50.5 Å². The van der Waals surface area contributed by atoms with Crippen molar-refractivity contribution in [3.05, 3.63) is 29.5 Å². The van der Waals surface area contributed by atoms with Crippen molar-refractivity contribution in [2.24, 2.45) is 16.7 Å². The Kier molecular flexibility index (Phi) is 2.53. The zero-order valence-electron chi connectivity index (χ0n) is 14.8. The number of benzene rings is 1. The molecule has 0 radical (unpaired) electrons. The fraction of sp³-hybridized carbons (Fsp3) is 0.667. The number of aromatic amines is 1. The quantitative estimate of drug-likeness (QED) is 0.690. The Balaban J connectivity index is 1.54. The van der Waals surface area contributed by atoms with Gasteiger partial charge in [0.15, 0.2) is 0 Å². The van der Waals surface area contributed by atoms with E-state index in [1.54, 1.807) is 0 Å². The molecule has 4 atom stereocenters. The van der Waals surface area contributed by atoms with Crippen LogP contribution in [0, 0.1) is 16.7 Å². The molecule has 132 valence electrons. The third kappa shape index (κ3) is 1.44. The van der Waals surface area contributed by atoms with E-state index in [1.165, 1.54) is 16.5 Å². The minimum absolute atomic E-state index is 0.113. The first kappa shape index (κ1) is 14.7. The normalized spacial score (nSPS) is 47.6. The molecule has 2 aromatic rings. The standard InChI is InChI=1S/C21H26N2O2/c1-19-10-17(24)18-13-3-5-16-14(11-22-23-16)12(13)2-4-15(18)20(19)6-8-21(19,25)9-7-20/h3,5,11,15,17-18,24-25H,2,4,6-10H2,1H3,(H,22,23)/t15-,17-,18-,19+,20?,21?/m1/s1. The molecule has 0 saturated heterocycles. The molecular weight excluding hydrogens is 312 g/mol. The van der Waals surface area contributed by atoms with Gasteiger partial charge in [0.25, 0.3) is 0 Å². The van der Waals surface area contributed by atoms with Crippen LogP contribution in [0.5, 0.6) is 0 Å². The van der Waals surface area contributed by atoms with Gasteiger partial charge < -0.3 is 10.2 Å². The van der Waals surface area contributed by atoms with Gasteiger partial charge in [-0.25, -0.2) is 0 Å². The Bertz CT molecular complexity index is 879. The Morgan fingerprint density at radius 3 is 2.80 bits per heavy atom. The molecule has 1 aromatic carbocycles. The van der Waals surface area contributed by atoms with Gasteiger partial charge in [-0.05, 0) is 73.5 Å². The zero-order valence-corrected chi connectivity index (χ0v) is 14.8. The van der Waals surface area contributed by atoms with Gasteiger partial charge in [-0.1, -0.05) is 13.0 Å². The molecule has 25 heavy (non-hydrogen) atoms. The molecule has 3 fully saturated rings. The average molecular weight is 338 g/mol. The van der Waals surface area contributed by atoms with Gasteiger partial charge in [0.05, 0.1) is 23.4 Å². The molecular formula is C21H26N2O2. The van der Waals surface area contributed by atoms with E-state index in [0.29, 0.717) is 5.92 Å². The van der Waals surface area contributed by atoms with Crippen molar-refractivity contribution in [3.63, 3.8) is 0 Å². The molecule has 4 nitrogen and oxygen atoms in total. The number of nitrogens with one attached hydrogen (secondary N) is 1. The molecule has 3 saturated carbocycles. The summed E-state index contributed by atoms with van der Waals surface area (Å²) >= 11 is 0. The highest BCUT2D eigenvalue weighted by atomic mass is 16.3. The van der Waals surface area contributed by atoms with Crippen LogP contribution in [-0.4, -0.2) is 32.1 Å². The lowest BCUT2D eigenvalue weighted by Crippen LogP contribution is -2.56. The van der Waals surface area contributed by atoms with Crippen LogP contribution in [0.1, 0.15) is 62.5 Å². The lowest BCUT2D eigenvalue weighted by Gasteiger charge is -2.58. The molecule has 4 heteroatoms. The molecule has 6 rings (SSSR count). The minimum atomic E-state index is -0.548. The molecule has 0 spiro atoms. The fourth-order valence-corrected chi connectivity index (χ4v) is 7.87. The van der Waals surface area contributed by atoms with Crippen LogP contribution in [0.25, 0.3) is 10.9 Å². The van der Waals surface area contributed by atoms with Gasteiger partial charge in [0.1, 0.15) is 0 Å². The van der Waals surface area contributed by atoms with Crippen LogP contribution >= 0.6 is 0 Å². The maximum absolute atomic E-state index is 11.3. The predicted molar refractivity (Wildman–Crippen MR) is 95.2 cm³/mol. The highest BCUT2D eigenvalue weighted by molar-refractivity contribution is 5.83. The summed E-state index contributed by atoms with van der Waals surface area (Å²) in [6.45, 7) is 2.28. The fourth-order valence-electron chi connectivity index (χ4n) is 7.87. The van der Waals surface area contributed by atoms with Crippen molar-refractivity contribution in [1.82, 2.24) is 10.2 Å². The zero-order chi connectivity index (χ0) is 17.0. The summed E-state index contributed by atoms with van der Waals surface area (Å²) < 4.78 is 0. The van der Waals surface area contributed by atoms with Gasteiger partial charge in [-0.2, -0.15) is 5.10 Å². The monoisotopic (exact) mass is 338 g/mol. The van der Waals surface area contributed by atoms with E-state index in [4.69, 9.17) is 0 Å². The third-order valence-electron chi connectivity index (χ3n) is 9.11. The average Bonchev–Trinajstić information content (AvgIpc) is 3.23. The summed E-state index contributed by atoms with van der Waals surface area (Å²) in [5, 5.41) is 31.0. The lowest BCUT2D eigenvalue weighted by molar-refractivity contribution is -0.139. The first-order valence-corrected chi connectivity index (χ1v) is 9.84. The van der Waals surface area contributed by atoms with Crippen LogP contribution < -0.4 is 0 Å². The molecule has 1 aromatic heterocycles. The SMILES string of the molecule is C[C@]12C[C@@H](O)[C@@H]3c4ccc5[nH]ncc5c4CC[C@H]3C13CCC2(O)CC3. The number of aryl methyl sites for hydroxylation is 1. The molecule has 1 heterocycles. The number of rotatable bonds is 0. The van der Waals surface area contributed by atoms with Crippen molar-refractivity contribution < 1.29 is 10.2 Å². The van der Waals surface area contributed by atoms with Gasteiger partial charge >= 0.3 is 0 Å². The van der Waals surface area contributed by atoms with Crippen molar-refractivity contribution in [1.29, 1.82) is 0 Å². The Hall–Kier alpha value is -1.39. The second-order valence-corrected chi connectivity index (χ2v) is 9.43. The summed E-state index contributed by atoms with van der Waals surface area (Å²) in [6.07, 6.45) is 8.65. The van der Waals surface area contributed by atoms with Gasteiger partial charge in [-0.3, -0.25) is 5.10 Å². The van der Waals surface area contributed by atoms with Gasteiger partial charge in [0, 0.05) is 16.7 Å². The highest BCUT2D eigenvalue weighted by Crippen LogP contribution is 2.77. The van der Waals surface area contributed by atoms with E-state index in [9.17, 15) is 10.2 Å². The van der Waals surface area contributed by atoms with E-state index in [2.05, 4.69) is 29.3 Å². The Labute approximate surface area is 147 Å². The predicted octanol–water partition coefficient (Wildman–Crippen LogP) is 3.28. The number of fused-ring (bicyclic) bond motifs is 5. The highest BCUT2D eigenvalue weighted by Gasteiger charge is 2.74. The van der Waals surface area contributed by atoms with Crippen LogP contribution in [0.2, 0.25) is 0 Å². The summed E-state index contributed by atoms with van der Waals surface area (Å²) in [5.41, 5.74) is 3.39. The summed E-state index contributed by atoms with van der Waals surface area (Å²) in [4.78, 5) is 0. The van der Waals surface area contributed by atoms with E-state index in [1.807, 2.05) is 6.20 Å². The topological polar surface area (TPSA) is 69.1 Å². The molecule has 0 unspecified atom stereocenters. The van der Waals surface area contributed by atoms with E-state index < -0.39 is 5.60 Å². The maximum Gasteiger partial charge on any atom is 0.0707 e. The van der Waals surface area contributed by atoms with Gasteiger partial charge in [-0.15, -0.1) is 0 Å².